The van der Waals surface area contributed by atoms with E-state index in [1.54, 1.807) is 0 Å². The Morgan fingerprint density at radius 1 is 1.13 bits per heavy atom. The van der Waals surface area contributed by atoms with E-state index < -0.39 is 0 Å². The molecular weight excluding hydrogens is 286 g/mol. The van der Waals surface area contributed by atoms with Crippen molar-refractivity contribution in [1.29, 1.82) is 0 Å². The van der Waals surface area contributed by atoms with E-state index in [9.17, 15) is 4.79 Å². The number of likely N-dealkylation sites (tertiary alicyclic amines) is 1. The highest BCUT2D eigenvalue weighted by atomic mass is 16.5. The Hall–Kier alpha value is -1.87. The zero-order valence-electron chi connectivity index (χ0n) is 14.0. The van der Waals surface area contributed by atoms with E-state index in [-0.39, 0.29) is 11.9 Å². The van der Waals surface area contributed by atoms with Crippen molar-refractivity contribution in [2.75, 3.05) is 19.7 Å². The highest BCUT2D eigenvalue weighted by Gasteiger charge is 2.25. The summed E-state index contributed by atoms with van der Waals surface area (Å²) in [6.45, 7) is 7.37. The molecule has 3 rings (SSSR count). The molecule has 0 aromatic heterocycles. The number of ether oxygens (including phenoxy) is 1. The third-order valence-electron chi connectivity index (χ3n) is 4.67. The molecule has 0 radical (unpaired) electrons. The molecule has 1 aliphatic heterocycles. The van der Waals surface area contributed by atoms with Gasteiger partial charge in [-0.05, 0) is 62.2 Å². The van der Waals surface area contributed by atoms with Crippen molar-refractivity contribution in [2.45, 2.75) is 33.2 Å². The Balaban J connectivity index is 1.60. The third-order valence-corrected chi connectivity index (χ3v) is 4.67. The van der Waals surface area contributed by atoms with Crippen LogP contribution in [-0.2, 0) is 16.1 Å². The molecule has 2 aromatic carbocycles. The van der Waals surface area contributed by atoms with Gasteiger partial charge in [0.2, 0.25) is 0 Å². The quantitative estimate of drug-likeness (QED) is 0.801. The molecule has 0 spiro atoms. The van der Waals surface area contributed by atoms with Gasteiger partial charge in [0.05, 0.1) is 12.5 Å². The lowest BCUT2D eigenvalue weighted by atomic mass is 9.96. The number of fused-ring (bicyclic) bond motifs is 1. The van der Waals surface area contributed by atoms with Crippen molar-refractivity contribution in [3.8, 4) is 0 Å². The Morgan fingerprint density at radius 3 is 2.57 bits per heavy atom. The highest BCUT2D eigenvalue weighted by molar-refractivity contribution is 5.83. The first kappa shape index (κ1) is 16.0. The van der Waals surface area contributed by atoms with Crippen LogP contribution < -0.4 is 0 Å². The summed E-state index contributed by atoms with van der Waals surface area (Å²) < 4.78 is 5.14. The van der Waals surface area contributed by atoms with Gasteiger partial charge >= 0.3 is 5.97 Å². The van der Waals surface area contributed by atoms with E-state index in [0.29, 0.717) is 6.61 Å². The van der Waals surface area contributed by atoms with Crippen LogP contribution in [0.3, 0.4) is 0 Å². The van der Waals surface area contributed by atoms with Gasteiger partial charge in [-0.25, -0.2) is 0 Å². The molecule has 1 aliphatic rings. The number of benzene rings is 2. The van der Waals surface area contributed by atoms with Crippen molar-refractivity contribution in [1.82, 2.24) is 4.90 Å². The summed E-state index contributed by atoms with van der Waals surface area (Å²) in [5.41, 5.74) is 2.64. The standard InChI is InChI=1S/C20H25NO2/c1-3-23-20(22)17-8-10-21(11-9-17)14-16-5-7-18-12-15(2)4-6-19(18)13-16/h4-7,12-13,17H,3,8-11,14H2,1-2H3. The van der Waals surface area contributed by atoms with Gasteiger partial charge in [0, 0.05) is 6.54 Å². The first-order chi connectivity index (χ1) is 11.2. The summed E-state index contributed by atoms with van der Waals surface area (Å²) in [4.78, 5) is 14.2. The lowest BCUT2D eigenvalue weighted by Gasteiger charge is -2.30. The number of carbonyl (C=O) groups is 1. The molecule has 1 heterocycles. The molecule has 0 saturated carbocycles. The normalized spacial score (nSPS) is 16.6. The van der Waals surface area contributed by atoms with Gasteiger partial charge < -0.3 is 4.74 Å². The molecule has 0 unspecified atom stereocenters. The minimum atomic E-state index is -0.0202. The minimum Gasteiger partial charge on any atom is -0.466 e. The molecule has 1 fully saturated rings. The van der Waals surface area contributed by atoms with Crippen molar-refractivity contribution in [3.05, 3.63) is 47.5 Å². The van der Waals surface area contributed by atoms with E-state index in [2.05, 4.69) is 48.2 Å². The molecule has 1 saturated heterocycles. The summed E-state index contributed by atoms with van der Waals surface area (Å²) in [5.74, 6) is 0.0685. The van der Waals surface area contributed by atoms with Crippen LogP contribution in [0.25, 0.3) is 10.8 Å². The van der Waals surface area contributed by atoms with Crippen molar-refractivity contribution < 1.29 is 9.53 Å². The number of hydrogen-bond donors (Lipinski definition) is 0. The predicted molar refractivity (Wildman–Crippen MR) is 93.3 cm³/mol. The van der Waals surface area contributed by atoms with Crippen LogP contribution >= 0.6 is 0 Å². The average Bonchev–Trinajstić information content (AvgIpc) is 2.56. The maximum absolute atomic E-state index is 11.8. The number of esters is 1. The predicted octanol–water partition coefficient (Wildman–Crippen LogP) is 3.92. The molecule has 0 atom stereocenters. The fourth-order valence-corrected chi connectivity index (χ4v) is 3.36. The molecule has 2 aromatic rings. The van der Waals surface area contributed by atoms with Crippen LogP contribution in [0.4, 0.5) is 0 Å². The molecule has 0 amide bonds. The van der Waals surface area contributed by atoms with E-state index in [0.717, 1.165) is 32.5 Å². The number of carbonyl (C=O) groups excluding carboxylic acids is 1. The molecule has 0 bridgehead atoms. The SMILES string of the molecule is CCOC(=O)C1CCN(Cc2ccc3cc(C)ccc3c2)CC1. The van der Waals surface area contributed by atoms with Gasteiger partial charge in [0.1, 0.15) is 0 Å². The molecule has 3 nitrogen and oxygen atoms in total. The fourth-order valence-electron chi connectivity index (χ4n) is 3.36. The second kappa shape index (κ2) is 7.14. The molecule has 3 heteroatoms. The van der Waals surface area contributed by atoms with Crippen LogP contribution in [0.2, 0.25) is 0 Å². The lowest BCUT2D eigenvalue weighted by molar-refractivity contribution is -0.149. The van der Waals surface area contributed by atoms with Crippen LogP contribution in [0.5, 0.6) is 0 Å². The third kappa shape index (κ3) is 3.91. The number of aryl methyl sites for hydroxylation is 1. The number of nitrogens with zero attached hydrogens (tertiary/aromatic N) is 1. The molecule has 0 aliphatic carbocycles. The monoisotopic (exact) mass is 311 g/mol. The van der Waals surface area contributed by atoms with Crippen LogP contribution in [0.15, 0.2) is 36.4 Å². The van der Waals surface area contributed by atoms with Crippen molar-refractivity contribution in [3.63, 3.8) is 0 Å². The minimum absolute atomic E-state index is 0.0202. The van der Waals surface area contributed by atoms with Gasteiger partial charge in [0.25, 0.3) is 0 Å². The first-order valence-electron chi connectivity index (χ1n) is 8.54. The van der Waals surface area contributed by atoms with Gasteiger partial charge in [-0.2, -0.15) is 0 Å². The van der Waals surface area contributed by atoms with Crippen LogP contribution in [0, 0.1) is 12.8 Å². The van der Waals surface area contributed by atoms with Crippen LogP contribution in [0.1, 0.15) is 30.9 Å². The van der Waals surface area contributed by atoms with Crippen molar-refractivity contribution >= 4 is 16.7 Å². The zero-order chi connectivity index (χ0) is 16.2. The Bertz CT molecular complexity index is 687. The summed E-state index contributed by atoms with van der Waals surface area (Å²) in [7, 11) is 0. The largest absolute Gasteiger partial charge is 0.466 e. The fraction of sp³-hybridized carbons (Fsp3) is 0.450. The van der Waals surface area contributed by atoms with E-state index in [4.69, 9.17) is 4.74 Å². The zero-order valence-corrected chi connectivity index (χ0v) is 14.0. The summed E-state index contributed by atoms with van der Waals surface area (Å²) in [6.07, 6.45) is 1.82. The number of hydrogen-bond acceptors (Lipinski definition) is 3. The van der Waals surface area contributed by atoms with E-state index >= 15 is 0 Å². The average molecular weight is 311 g/mol. The lowest BCUT2D eigenvalue weighted by Crippen LogP contribution is -2.36. The Labute approximate surface area is 138 Å². The van der Waals surface area contributed by atoms with Crippen LogP contribution in [-0.4, -0.2) is 30.6 Å². The highest BCUT2D eigenvalue weighted by Crippen LogP contribution is 2.22. The topological polar surface area (TPSA) is 29.5 Å². The summed E-state index contributed by atoms with van der Waals surface area (Å²) in [6, 6.07) is 13.3. The van der Waals surface area contributed by atoms with Gasteiger partial charge in [0.15, 0.2) is 0 Å². The van der Waals surface area contributed by atoms with Gasteiger partial charge in [-0.1, -0.05) is 35.9 Å². The molecule has 0 N–H and O–H groups in total. The van der Waals surface area contributed by atoms with Gasteiger partial charge in [-0.3, -0.25) is 9.69 Å². The van der Waals surface area contributed by atoms with Gasteiger partial charge in [-0.15, -0.1) is 0 Å². The number of piperidine rings is 1. The molecule has 23 heavy (non-hydrogen) atoms. The number of rotatable bonds is 4. The molecule has 122 valence electrons. The summed E-state index contributed by atoms with van der Waals surface area (Å²) >= 11 is 0. The second-order valence-electron chi connectivity index (χ2n) is 6.49. The Morgan fingerprint density at radius 2 is 1.83 bits per heavy atom. The van der Waals surface area contributed by atoms with Crippen molar-refractivity contribution in [2.24, 2.45) is 5.92 Å². The first-order valence-corrected chi connectivity index (χ1v) is 8.54. The maximum Gasteiger partial charge on any atom is 0.309 e. The molecular formula is C20H25NO2. The smallest absolute Gasteiger partial charge is 0.309 e. The van der Waals surface area contributed by atoms with E-state index in [1.807, 2.05) is 6.92 Å². The maximum atomic E-state index is 11.8. The van der Waals surface area contributed by atoms with E-state index in [1.165, 1.54) is 21.9 Å². The Kier molecular flexibility index (Phi) is 4.97. The second-order valence-corrected chi connectivity index (χ2v) is 6.49. The summed E-state index contributed by atoms with van der Waals surface area (Å²) in [5, 5.41) is 2.60.